The molecule has 0 unspecified atom stereocenters. The maximum absolute atomic E-state index is 13.1. The van der Waals surface area contributed by atoms with Gasteiger partial charge in [-0.05, 0) is 48.5 Å². The van der Waals surface area contributed by atoms with Crippen LogP contribution in [0.3, 0.4) is 0 Å². The standard InChI is InChI=1S/C30H22N4O4/c35-25(33-23-13-5-11-21-27(23)29(37)17-7-1-3-9-19(17)31-21)15-16-26(36)34-24-14-6-12-22-28(24)30(38)18-8-2-4-10-20(18)32-22/h1-14H,15-16H2,(H,31,37)(H,32,38)(H,33,35)(H,34,36). The summed E-state index contributed by atoms with van der Waals surface area (Å²) in [5.74, 6) is -0.802. The van der Waals surface area contributed by atoms with Gasteiger partial charge in [0.05, 0.1) is 33.2 Å². The number of hydrogen-bond acceptors (Lipinski definition) is 4. The van der Waals surface area contributed by atoms with E-state index >= 15 is 0 Å². The van der Waals surface area contributed by atoms with Gasteiger partial charge in [0.2, 0.25) is 11.8 Å². The topological polar surface area (TPSA) is 124 Å². The van der Waals surface area contributed by atoms with Crippen molar-refractivity contribution in [3.63, 3.8) is 0 Å². The molecule has 8 nitrogen and oxygen atoms in total. The van der Waals surface area contributed by atoms with E-state index < -0.39 is 11.8 Å². The van der Waals surface area contributed by atoms with Gasteiger partial charge in [-0.1, -0.05) is 36.4 Å². The third kappa shape index (κ3) is 4.08. The summed E-state index contributed by atoms with van der Waals surface area (Å²) in [5, 5.41) is 7.36. The molecule has 0 saturated heterocycles. The first kappa shape index (κ1) is 23.2. The minimum atomic E-state index is -0.401. The van der Waals surface area contributed by atoms with E-state index in [0.717, 1.165) is 0 Å². The highest BCUT2D eigenvalue weighted by atomic mass is 16.2. The highest BCUT2D eigenvalue weighted by Crippen LogP contribution is 2.24. The quantitative estimate of drug-likeness (QED) is 0.247. The molecule has 0 saturated carbocycles. The third-order valence-corrected chi connectivity index (χ3v) is 6.59. The summed E-state index contributed by atoms with van der Waals surface area (Å²) in [7, 11) is 0. The zero-order chi connectivity index (χ0) is 26.2. The van der Waals surface area contributed by atoms with Crippen molar-refractivity contribution >= 4 is 66.8 Å². The number of nitrogens with one attached hydrogen (secondary N) is 4. The zero-order valence-corrected chi connectivity index (χ0v) is 20.1. The molecule has 0 radical (unpaired) electrons. The van der Waals surface area contributed by atoms with Crippen molar-refractivity contribution in [2.45, 2.75) is 12.8 Å². The fourth-order valence-corrected chi connectivity index (χ4v) is 4.80. The molecule has 2 aromatic heterocycles. The van der Waals surface area contributed by atoms with Gasteiger partial charge in [-0.3, -0.25) is 19.2 Å². The van der Waals surface area contributed by atoms with E-state index in [9.17, 15) is 19.2 Å². The van der Waals surface area contributed by atoms with Crippen LogP contribution in [-0.2, 0) is 9.59 Å². The molecule has 0 fully saturated rings. The fourth-order valence-electron chi connectivity index (χ4n) is 4.80. The van der Waals surface area contributed by atoms with Crippen LogP contribution in [0.5, 0.6) is 0 Å². The number of amides is 2. The number of benzene rings is 4. The largest absolute Gasteiger partial charge is 0.354 e. The van der Waals surface area contributed by atoms with E-state index in [1.807, 2.05) is 24.3 Å². The smallest absolute Gasteiger partial charge is 0.224 e. The van der Waals surface area contributed by atoms with Crippen molar-refractivity contribution in [1.82, 2.24) is 9.97 Å². The second kappa shape index (κ2) is 9.33. The van der Waals surface area contributed by atoms with E-state index in [-0.39, 0.29) is 23.7 Å². The van der Waals surface area contributed by atoms with E-state index in [1.54, 1.807) is 60.7 Å². The minimum absolute atomic E-state index is 0.0994. The number of aromatic amines is 2. The van der Waals surface area contributed by atoms with Crippen LogP contribution in [0.2, 0.25) is 0 Å². The monoisotopic (exact) mass is 502 g/mol. The molecular weight excluding hydrogens is 480 g/mol. The van der Waals surface area contributed by atoms with Crippen molar-refractivity contribution in [3.8, 4) is 0 Å². The third-order valence-electron chi connectivity index (χ3n) is 6.59. The first-order valence-corrected chi connectivity index (χ1v) is 12.2. The summed E-state index contributed by atoms with van der Waals surface area (Å²) < 4.78 is 0. The molecule has 4 N–H and O–H groups in total. The number of fused-ring (bicyclic) bond motifs is 4. The summed E-state index contributed by atoms with van der Waals surface area (Å²) in [4.78, 5) is 58.2. The summed E-state index contributed by atoms with van der Waals surface area (Å²) in [6.07, 6.45) is -0.199. The Kier molecular flexibility index (Phi) is 5.69. The maximum Gasteiger partial charge on any atom is 0.224 e. The molecule has 2 amide bonds. The normalized spacial score (nSPS) is 11.3. The number of carbonyl (C=O) groups excluding carboxylic acids is 2. The van der Waals surface area contributed by atoms with Gasteiger partial charge >= 0.3 is 0 Å². The Hall–Kier alpha value is -5.24. The predicted octanol–water partition coefficient (Wildman–Crippen LogP) is 5.03. The molecule has 0 atom stereocenters. The molecule has 6 aromatic rings. The molecule has 8 heteroatoms. The molecule has 4 aromatic carbocycles. The molecule has 0 aliphatic rings. The molecular formula is C30H22N4O4. The Labute approximate surface area is 215 Å². The van der Waals surface area contributed by atoms with E-state index in [0.29, 0.717) is 55.0 Å². The molecule has 2 heterocycles. The van der Waals surface area contributed by atoms with E-state index in [2.05, 4.69) is 20.6 Å². The molecule has 0 aliphatic heterocycles. The van der Waals surface area contributed by atoms with Gasteiger partial charge in [-0.15, -0.1) is 0 Å². The molecule has 0 bridgehead atoms. The van der Waals surface area contributed by atoms with Gasteiger partial charge in [-0.2, -0.15) is 0 Å². The molecule has 186 valence electrons. The van der Waals surface area contributed by atoms with Crippen LogP contribution in [0.15, 0.2) is 94.5 Å². The second-order valence-corrected chi connectivity index (χ2v) is 9.05. The van der Waals surface area contributed by atoms with Gasteiger partial charge in [-0.25, -0.2) is 0 Å². The highest BCUT2D eigenvalue weighted by Gasteiger charge is 2.15. The Balaban J connectivity index is 1.20. The number of aromatic nitrogens is 2. The first-order valence-electron chi connectivity index (χ1n) is 12.2. The number of para-hydroxylation sites is 2. The van der Waals surface area contributed by atoms with Crippen molar-refractivity contribution in [3.05, 3.63) is 105 Å². The van der Waals surface area contributed by atoms with E-state index in [4.69, 9.17) is 0 Å². The SMILES string of the molecule is O=C(CCC(=O)Nc1cccc2[nH]c3ccccc3c(=O)c12)Nc1cccc2[nH]c3ccccc3c(=O)c12. The van der Waals surface area contributed by atoms with Crippen molar-refractivity contribution in [2.75, 3.05) is 10.6 Å². The van der Waals surface area contributed by atoms with Crippen molar-refractivity contribution in [1.29, 1.82) is 0 Å². The minimum Gasteiger partial charge on any atom is -0.354 e. The summed E-state index contributed by atoms with van der Waals surface area (Å²) in [6, 6.07) is 24.8. The lowest BCUT2D eigenvalue weighted by Crippen LogP contribution is -2.19. The Morgan fingerprint density at radius 1 is 0.526 bits per heavy atom. The van der Waals surface area contributed by atoms with Crippen LogP contribution in [0.4, 0.5) is 11.4 Å². The molecule has 38 heavy (non-hydrogen) atoms. The highest BCUT2D eigenvalue weighted by molar-refractivity contribution is 6.07. The predicted molar refractivity (Wildman–Crippen MR) is 151 cm³/mol. The van der Waals surface area contributed by atoms with Crippen LogP contribution >= 0.6 is 0 Å². The van der Waals surface area contributed by atoms with Crippen molar-refractivity contribution < 1.29 is 9.59 Å². The lowest BCUT2D eigenvalue weighted by molar-refractivity contribution is -0.121. The number of carbonyl (C=O) groups is 2. The molecule has 0 spiro atoms. The zero-order valence-electron chi connectivity index (χ0n) is 20.1. The van der Waals surface area contributed by atoms with Crippen LogP contribution < -0.4 is 21.5 Å². The van der Waals surface area contributed by atoms with Crippen molar-refractivity contribution in [2.24, 2.45) is 0 Å². The average molecular weight is 503 g/mol. The average Bonchev–Trinajstić information content (AvgIpc) is 2.92. The lowest BCUT2D eigenvalue weighted by atomic mass is 10.1. The number of anilines is 2. The van der Waals surface area contributed by atoms with Gasteiger partial charge in [0.1, 0.15) is 0 Å². The second-order valence-electron chi connectivity index (χ2n) is 9.05. The summed E-state index contributed by atoms with van der Waals surface area (Å²) in [6.45, 7) is 0. The van der Waals surface area contributed by atoms with Crippen LogP contribution in [0.1, 0.15) is 12.8 Å². The van der Waals surface area contributed by atoms with Gasteiger partial charge < -0.3 is 20.6 Å². The number of H-pyrrole nitrogens is 2. The number of rotatable bonds is 5. The van der Waals surface area contributed by atoms with Crippen LogP contribution in [0.25, 0.3) is 43.6 Å². The Bertz CT molecular complexity index is 1880. The Morgan fingerprint density at radius 3 is 1.37 bits per heavy atom. The molecule has 0 aliphatic carbocycles. The van der Waals surface area contributed by atoms with Gasteiger partial charge in [0.15, 0.2) is 10.9 Å². The summed E-state index contributed by atoms with van der Waals surface area (Å²) in [5.41, 5.74) is 3.04. The fraction of sp³-hybridized carbons (Fsp3) is 0.0667. The number of pyridine rings is 2. The first-order chi connectivity index (χ1) is 18.5. The van der Waals surface area contributed by atoms with Gasteiger partial charge in [0.25, 0.3) is 0 Å². The number of hydrogen-bond donors (Lipinski definition) is 4. The van der Waals surface area contributed by atoms with Crippen LogP contribution in [-0.4, -0.2) is 21.8 Å². The molecule has 6 rings (SSSR count). The van der Waals surface area contributed by atoms with Crippen LogP contribution in [0, 0.1) is 0 Å². The van der Waals surface area contributed by atoms with Gasteiger partial charge in [0, 0.05) is 34.6 Å². The lowest BCUT2D eigenvalue weighted by Gasteiger charge is -2.11. The summed E-state index contributed by atoms with van der Waals surface area (Å²) >= 11 is 0. The maximum atomic E-state index is 13.1. The van der Waals surface area contributed by atoms with E-state index in [1.165, 1.54) is 0 Å². The Morgan fingerprint density at radius 2 is 0.921 bits per heavy atom.